The molecule has 0 spiro atoms. The van der Waals surface area contributed by atoms with Crippen LogP contribution in [0.25, 0.3) is 0 Å². The molecule has 16 heavy (non-hydrogen) atoms. The van der Waals surface area contributed by atoms with Crippen molar-refractivity contribution in [2.45, 2.75) is 25.4 Å². The average molecular weight is 258 g/mol. The van der Waals surface area contributed by atoms with Gasteiger partial charge < -0.3 is 0 Å². The highest BCUT2D eigenvalue weighted by atomic mass is 32.2. The van der Waals surface area contributed by atoms with Crippen molar-refractivity contribution in [2.75, 3.05) is 19.3 Å². The van der Waals surface area contributed by atoms with Crippen molar-refractivity contribution in [1.82, 2.24) is 4.31 Å². The van der Waals surface area contributed by atoms with Gasteiger partial charge in [-0.25, -0.2) is 12.7 Å². The smallest absolute Gasteiger partial charge is 0.212 e. The Hall–Kier alpha value is -0.810. The number of hydrogen-bond acceptors (Lipinski definition) is 3. The average Bonchev–Trinajstić information content (AvgIpc) is 2.11. The summed E-state index contributed by atoms with van der Waals surface area (Å²) in [6, 6.07) is 1.76. The quantitative estimate of drug-likeness (QED) is 0.725. The zero-order valence-corrected chi connectivity index (χ0v) is 9.61. The standard InChI is InChI=1S/C8H13F3N2O2S/c1-13(6-3-5-12)16(14,15)7-2-4-8(9,10)11/h2-4,6-7H2,1H3. The summed E-state index contributed by atoms with van der Waals surface area (Å²) in [7, 11) is -2.42. The third kappa shape index (κ3) is 6.63. The summed E-state index contributed by atoms with van der Waals surface area (Å²) in [6.45, 7) is 0.00481. The third-order valence-electron chi connectivity index (χ3n) is 1.88. The first-order valence-corrected chi connectivity index (χ1v) is 6.17. The Balaban J connectivity index is 4.11. The number of alkyl halides is 3. The summed E-state index contributed by atoms with van der Waals surface area (Å²) in [6.07, 6.45) is -5.88. The van der Waals surface area contributed by atoms with E-state index in [-0.39, 0.29) is 13.0 Å². The van der Waals surface area contributed by atoms with E-state index in [0.717, 1.165) is 4.31 Å². The van der Waals surface area contributed by atoms with Crippen LogP contribution in [0.3, 0.4) is 0 Å². The molecule has 0 aliphatic rings. The fourth-order valence-corrected chi connectivity index (χ4v) is 2.15. The molecule has 0 aromatic carbocycles. The van der Waals surface area contributed by atoms with Crippen LogP contribution in [0.2, 0.25) is 0 Å². The van der Waals surface area contributed by atoms with E-state index >= 15 is 0 Å². The van der Waals surface area contributed by atoms with Gasteiger partial charge in [-0.3, -0.25) is 0 Å². The first kappa shape index (κ1) is 15.2. The Kier molecular flexibility index (Phi) is 5.75. The van der Waals surface area contributed by atoms with Crippen molar-refractivity contribution in [2.24, 2.45) is 0 Å². The van der Waals surface area contributed by atoms with Crippen molar-refractivity contribution in [3.8, 4) is 6.07 Å². The molecule has 0 N–H and O–H groups in total. The maximum absolute atomic E-state index is 11.8. The maximum atomic E-state index is 11.8. The van der Waals surface area contributed by atoms with Gasteiger partial charge in [0, 0.05) is 26.4 Å². The van der Waals surface area contributed by atoms with Crippen molar-refractivity contribution in [3.63, 3.8) is 0 Å². The second kappa shape index (κ2) is 6.06. The molecule has 0 aromatic heterocycles. The molecule has 94 valence electrons. The van der Waals surface area contributed by atoms with Gasteiger partial charge in [0.15, 0.2) is 0 Å². The van der Waals surface area contributed by atoms with Gasteiger partial charge in [0.25, 0.3) is 0 Å². The van der Waals surface area contributed by atoms with E-state index in [4.69, 9.17) is 5.26 Å². The first-order chi connectivity index (χ1) is 7.19. The monoisotopic (exact) mass is 258 g/mol. The van der Waals surface area contributed by atoms with Gasteiger partial charge >= 0.3 is 6.18 Å². The van der Waals surface area contributed by atoms with Crippen LogP contribution in [0.4, 0.5) is 13.2 Å². The molecule has 0 rings (SSSR count). The Bertz CT molecular complexity index is 345. The Labute approximate surface area is 92.7 Å². The van der Waals surface area contributed by atoms with Gasteiger partial charge in [-0.1, -0.05) is 0 Å². The lowest BCUT2D eigenvalue weighted by atomic mass is 10.3. The van der Waals surface area contributed by atoms with Crippen LogP contribution in [0.15, 0.2) is 0 Å². The molecular weight excluding hydrogens is 245 g/mol. The highest BCUT2D eigenvalue weighted by Gasteiger charge is 2.28. The summed E-state index contributed by atoms with van der Waals surface area (Å²) in [5, 5.41) is 8.24. The summed E-state index contributed by atoms with van der Waals surface area (Å²) < 4.78 is 59.0. The minimum absolute atomic E-state index is 0.00481. The van der Waals surface area contributed by atoms with Crippen LogP contribution < -0.4 is 0 Å². The van der Waals surface area contributed by atoms with Crippen molar-refractivity contribution >= 4 is 10.0 Å². The molecule has 0 bridgehead atoms. The first-order valence-electron chi connectivity index (χ1n) is 4.57. The van der Waals surface area contributed by atoms with Gasteiger partial charge in [-0.05, 0) is 6.42 Å². The highest BCUT2D eigenvalue weighted by molar-refractivity contribution is 7.89. The van der Waals surface area contributed by atoms with Crippen LogP contribution in [-0.2, 0) is 10.0 Å². The number of nitriles is 1. The minimum atomic E-state index is -4.33. The SMILES string of the molecule is CN(CCC#N)S(=O)(=O)CCCC(F)(F)F. The molecular formula is C8H13F3N2O2S. The van der Waals surface area contributed by atoms with Crippen molar-refractivity contribution < 1.29 is 21.6 Å². The molecule has 0 radical (unpaired) electrons. The zero-order valence-electron chi connectivity index (χ0n) is 8.79. The topological polar surface area (TPSA) is 61.2 Å². The summed E-state index contributed by atoms with van der Waals surface area (Å²) in [4.78, 5) is 0. The number of hydrogen-bond donors (Lipinski definition) is 0. The van der Waals surface area contributed by atoms with E-state index in [1.807, 2.05) is 0 Å². The summed E-state index contributed by atoms with van der Waals surface area (Å²) >= 11 is 0. The maximum Gasteiger partial charge on any atom is 0.389 e. The summed E-state index contributed by atoms with van der Waals surface area (Å²) in [5.41, 5.74) is 0. The third-order valence-corrected chi connectivity index (χ3v) is 3.81. The Morgan fingerprint density at radius 1 is 1.38 bits per heavy atom. The van der Waals surface area contributed by atoms with Crippen LogP contribution in [-0.4, -0.2) is 38.2 Å². The van der Waals surface area contributed by atoms with Crippen molar-refractivity contribution in [1.29, 1.82) is 5.26 Å². The fourth-order valence-electron chi connectivity index (χ4n) is 0.957. The number of rotatable bonds is 6. The molecule has 0 aliphatic heterocycles. The highest BCUT2D eigenvalue weighted by Crippen LogP contribution is 2.21. The molecule has 0 unspecified atom stereocenters. The van der Waals surface area contributed by atoms with Crippen LogP contribution in [0.5, 0.6) is 0 Å². The molecule has 8 heteroatoms. The largest absolute Gasteiger partial charge is 0.389 e. The molecule has 0 heterocycles. The molecule has 0 aliphatic carbocycles. The summed E-state index contributed by atoms with van der Waals surface area (Å²) in [5.74, 6) is -0.547. The lowest BCUT2D eigenvalue weighted by Gasteiger charge is -2.15. The minimum Gasteiger partial charge on any atom is -0.212 e. The van der Waals surface area contributed by atoms with E-state index in [2.05, 4.69) is 0 Å². The molecule has 0 amide bonds. The number of sulfonamides is 1. The lowest BCUT2D eigenvalue weighted by molar-refractivity contribution is -0.134. The van der Waals surface area contributed by atoms with Crippen molar-refractivity contribution in [3.05, 3.63) is 0 Å². The molecule has 0 saturated heterocycles. The van der Waals surface area contributed by atoms with Gasteiger partial charge in [0.05, 0.1) is 11.8 Å². The van der Waals surface area contributed by atoms with E-state index < -0.39 is 34.8 Å². The zero-order chi connectivity index (χ0) is 12.8. The van der Waals surface area contributed by atoms with Gasteiger partial charge in [0.2, 0.25) is 10.0 Å². The fraction of sp³-hybridized carbons (Fsp3) is 0.875. The number of nitrogens with zero attached hydrogens (tertiary/aromatic N) is 2. The predicted molar refractivity (Wildman–Crippen MR) is 51.9 cm³/mol. The van der Waals surface area contributed by atoms with Crippen LogP contribution >= 0.6 is 0 Å². The van der Waals surface area contributed by atoms with Gasteiger partial charge in [0.1, 0.15) is 0 Å². The Morgan fingerprint density at radius 2 is 1.94 bits per heavy atom. The van der Waals surface area contributed by atoms with Gasteiger partial charge in [-0.2, -0.15) is 18.4 Å². The molecule has 0 atom stereocenters. The van der Waals surface area contributed by atoms with Crippen LogP contribution in [0.1, 0.15) is 19.3 Å². The molecule has 0 aromatic rings. The second-order valence-corrected chi connectivity index (χ2v) is 5.46. The van der Waals surface area contributed by atoms with E-state index in [9.17, 15) is 21.6 Å². The molecule has 0 fully saturated rings. The predicted octanol–water partition coefficient (Wildman–Crippen LogP) is 1.50. The van der Waals surface area contributed by atoms with E-state index in [1.165, 1.54) is 7.05 Å². The van der Waals surface area contributed by atoms with Crippen LogP contribution in [0, 0.1) is 11.3 Å². The van der Waals surface area contributed by atoms with E-state index in [0.29, 0.717) is 0 Å². The second-order valence-electron chi connectivity index (χ2n) is 3.26. The lowest BCUT2D eigenvalue weighted by Crippen LogP contribution is -2.30. The van der Waals surface area contributed by atoms with E-state index in [1.54, 1.807) is 6.07 Å². The molecule has 0 saturated carbocycles. The Morgan fingerprint density at radius 3 is 2.38 bits per heavy atom. The van der Waals surface area contributed by atoms with Gasteiger partial charge in [-0.15, -0.1) is 0 Å². The normalized spacial score (nSPS) is 12.8. The molecule has 4 nitrogen and oxygen atoms in total. The number of halogens is 3.